The number of hydrogen-bond donors (Lipinski definition) is 1. The minimum atomic E-state index is -0.157. The number of esters is 1. The lowest BCUT2D eigenvalue weighted by atomic mass is 9.96. The Kier molecular flexibility index (Phi) is 6.92. The molecule has 1 fully saturated rings. The van der Waals surface area contributed by atoms with Crippen molar-refractivity contribution in [3.8, 4) is 11.8 Å². The molecule has 0 amide bonds. The Morgan fingerprint density at radius 1 is 1.45 bits per heavy atom. The van der Waals surface area contributed by atoms with Crippen LogP contribution in [0.25, 0.3) is 0 Å². The second-order valence-electron chi connectivity index (χ2n) is 5.58. The van der Waals surface area contributed by atoms with Gasteiger partial charge >= 0.3 is 5.97 Å². The number of nitrogens with one attached hydrogen (secondary N) is 1. The number of likely N-dealkylation sites (tertiary alicyclic amines) is 1. The molecule has 4 nitrogen and oxygen atoms in total. The maximum Gasteiger partial charge on any atom is 0.306 e. The van der Waals surface area contributed by atoms with Gasteiger partial charge in [-0.2, -0.15) is 0 Å². The molecule has 1 aromatic heterocycles. The minimum Gasteiger partial charge on any atom is -0.466 e. The van der Waals surface area contributed by atoms with Crippen LogP contribution in [0, 0.1) is 11.8 Å². The van der Waals surface area contributed by atoms with Gasteiger partial charge in [-0.05, 0) is 31.8 Å². The van der Waals surface area contributed by atoms with Gasteiger partial charge in [0.25, 0.3) is 0 Å². The molecule has 1 aliphatic heterocycles. The number of carbonyl (C=O) groups excluding carboxylic acids is 1. The average molecular weight is 301 g/mol. The van der Waals surface area contributed by atoms with E-state index in [2.05, 4.69) is 22.9 Å². The average Bonchev–Trinajstić information content (AvgIpc) is 2.56. The molecule has 1 unspecified atom stereocenters. The number of quaternary nitrogens is 1. The summed E-state index contributed by atoms with van der Waals surface area (Å²) in [4.78, 5) is 17.0. The Bertz CT molecular complexity index is 519. The van der Waals surface area contributed by atoms with Crippen LogP contribution in [-0.2, 0) is 9.53 Å². The molecule has 1 N–H and O–H groups in total. The van der Waals surface area contributed by atoms with E-state index in [-0.39, 0.29) is 5.97 Å². The van der Waals surface area contributed by atoms with Crippen LogP contribution in [0.1, 0.15) is 50.6 Å². The van der Waals surface area contributed by atoms with E-state index in [0.717, 1.165) is 13.1 Å². The van der Waals surface area contributed by atoms with Gasteiger partial charge in [-0.1, -0.05) is 12.0 Å². The van der Waals surface area contributed by atoms with Gasteiger partial charge in [0, 0.05) is 30.8 Å². The summed E-state index contributed by atoms with van der Waals surface area (Å²) in [6.45, 7) is 4.26. The molecule has 0 spiro atoms. The first kappa shape index (κ1) is 16.5. The second kappa shape index (κ2) is 9.22. The van der Waals surface area contributed by atoms with E-state index < -0.39 is 0 Å². The maximum absolute atomic E-state index is 11.2. The van der Waals surface area contributed by atoms with E-state index >= 15 is 0 Å². The third kappa shape index (κ3) is 5.16. The van der Waals surface area contributed by atoms with Crippen molar-refractivity contribution >= 4 is 5.97 Å². The molecule has 118 valence electrons. The van der Waals surface area contributed by atoms with Gasteiger partial charge in [-0.25, -0.2) is 0 Å². The van der Waals surface area contributed by atoms with Crippen LogP contribution in [0.3, 0.4) is 0 Å². The summed E-state index contributed by atoms with van der Waals surface area (Å²) in [5.41, 5.74) is 1.31. The van der Waals surface area contributed by atoms with Crippen molar-refractivity contribution in [2.45, 2.75) is 45.1 Å². The normalized spacial score (nSPS) is 20.8. The van der Waals surface area contributed by atoms with Crippen molar-refractivity contribution in [1.29, 1.82) is 0 Å². The van der Waals surface area contributed by atoms with E-state index in [4.69, 9.17) is 4.74 Å². The predicted molar refractivity (Wildman–Crippen MR) is 85.2 cm³/mol. The maximum atomic E-state index is 11.2. The number of carbonyl (C=O) groups is 1. The summed E-state index contributed by atoms with van der Waals surface area (Å²) in [7, 11) is 0. The van der Waals surface area contributed by atoms with E-state index in [1.54, 1.807) is 0 Å². The van der Waals surface area contributed by atoms with Crippen LogP contribution in [-0.4, -0.2) is 30.6 Å². The topological polar surface area (TPSA) is 43.6 Å². The van der Waals surface area contributed by atoms with Gasteiger partial charge in [0.1, 0.15) is 12.6 Å². The Labute approximate surface area is 132 Å². The second-order valence-corrected chi connectivity index (χ2v) is 5.58. The number of nitrogens with zero attached hydrogens (tertiary/aromatic N) is 1. The van der Waals surface area contributed by atoms with Crippen LogP contribution in [0.4, 0.5) is 0 Å². The SMILES string of the molecule is CCOC(=O)CCC#CC[NH+]1CCCC[C@H]1c1cccnc1. The fourth-order valence-corrected chi connectivity index (χ4v) is 2.94. The number of ether oxygens (including phenoxy) is 1. The largest absolute Gasteiger partial charge is 0.466 e. The lowest BCUT2D eigenvalue weighted by molar-refractivity contribution is -0.930. The third-order valence-corrected chi connectivity index (χ3v) is 4.02. The highest BCUT2D eigenvalue weighted by Crippen LogP contribution is 2.18. The molecule has 0 saturated carbocycles. The number of aromatic nitrogens is 1. The number of pyridine rings is 1. The summed E-state index contributed by atoms with van der Waals surface area (Å²) >= 11 is 0. The highest BCUT2D eigenvalue weighted by Gasteiger charge is 2.26. The fourth-order valence-electron chi connectivity index (χ4n) is 2.94. The first-order chi connectivity index (χ1) is 10.8. The van der Waals surface area contributed by atoms with Gasteiger partial charge in [0.2, 0.25) is 0 Å². The van der Waals surface area contributed by atoms with Crippen LogP contribution >= 0.6 is 0 Å². The van der Waals surface area contributed by atoms with Crippen LogP contribution in [0.15, 0.2) is 24.5 Å². The van der Waals surface area contributed by atoms with Crippen LogP contribution in [0.5, 0.6) is 0 Å². The highest BCUT2D eigenvalue weighted by molar-refractivity contribution is 5.69. The molecule has 22 heavy (non-hydrogen) atoms. The lowest BCUT2D eigenvalue weighted by Gasteiger charge is -2.31. The zero-order valence-corrected chi connectivity index (χ0v) is 13.3. The molecule has 1 saturated heterocycles. The number of rotatable bonds is 5. The first-order valence-electron chi connectivity index (χ1n) is 8.17. The van der Waals surface area contributed by atoms with Crippen LogP contribution < -0.4 is 4.90 Å². The first-order valence-corrected chi connectivity index (χ1v) is 8.17. The van der Waals surface area contributed by atoms with Gasteiger partial charge in [-0.15, -0.1) is 0 Å². The molecular weight excluding hydrogens is 276 g/mol. The molecule has 2 atom stereocenters. The molecule has 4 heteroatoms. The standard InChI is InChI=1S/C18H24N2O2/c1-2-22-18(21)11-4-3-6-13-20-14-7-5-10-17(20)16-9-8-12-19-15-16/h8-9,12,15,17H,2,4-5,7,10-11,13-14H2,1H3/p+1/t17-/m0/s1. The van der Waals surface area contributed by atoms with E-state index in [9.17, 15) is 4.79 Å². The third-order valence-electron chi connectivity index (χ3n) is 4.02. The van der Waals surface area contributed by atoms with Crippen molar-refractivity contribution in [2.24, 2.45) is 0 Å². The smallest absolute Gasteiger partial charge is 0.306 e. The Morgan fingerprint density at radius 3 is 3.14 bits per heavy atom. The van der Waals surface area contributed by atoms with Crippen molar-refractivity contribution in [3.63, 3.8) is 0 Å². The van der Waals surface area contributed by atoms with Crippen molar-refractivity contribution in [1.82, 2.24) is 4.98 Å². The van der Waals surface area contributed by atoms with Gasteiger partial charge in [-0.3, -0.25) is 9.78 Å². The molecule has 0 radical (unpaired) electrons. The van der Waals surface area contributed by atoms with Crippen LogP contribution in [0.2, 0.25) is 0 Å². The monoisotopic (exact) mass is 301 g/mol. The quantitative estimate of drug-likeness (QED) is 0.663. The minimum absolute atomic E-state index is 0.157. The summed E-state index contributed by atoms with van der Waals surface area (Å²) < 4.78 is 4.89. The predicted octanol–water partition coefficient (Wildman–Crippen LogP) is 1.54. The summed E-state index contributed by atoms with van der Waals surface area (Å²) in [6.07, 6.45) is 8.51. The molecule has 1 aromatic rings. The van der Waals surface area contributed by atoms with Crippen molar-refractivity contribution < 1.29 is 14.4 Å². The molecule has 2 rings (SSSR count). The summed E-state index contributed by atoms with van der Waals surface area (Å²) in [5, 5.41) is 0. The van der Waals surface area contributed by atoms with Crippen molar-refractivity contribution in [3.05, 3.63) is 30.1 Å². The molecule has 2 heterocycles. The van der Waals surface area contributed by atoms with E-state index in [0.29, 0.717) is 25.5 Å². The van der Waals surface area contributed by atoms with Crippen molar-refractivity contribution in [2.75, 3.05) is 19.7 Å². The Hall–Kier alpha value is -1.86. The van der Waals surface area contributed by atoms with Gasteiger partial charge in [0.15, 0.2) is 0 Å². The number of hydrogen-bond acceptors (Lipinski definition) is 3. The highest BCUT2D eigenvalue weighted by atomic mass is 16.5. The lowest BCUT2D eigenvalue weighted by Crippen LogP contribution is -3.13. The van der Waals surface area contributed by atoms with E-state index in [1.807, 2.05) is 25.4 Å². The zero-order chi connectivity index (χ0) is 15.6. The molecular formula is C18H25N2O2+. The van der Waals surface area contributed by atoms with Gasteiger partial charge in [0.05, 0.1) is 19.6 Å². The summed E-state index contributed by atoms with van der Waals surface area (Å²) in [5.74, 6) is 6.19. The fraction of sp³-hybridized carbons (Fsp3) is 0.556. The van der Waals surface area contributed by atoms with E-state index in [1.165, 1.54) is 29.7 Å². The number of piperidine rings is 1. The Morgan fingerprint density at radius 2 is 2.36 bits per heavy atom. The summed E-state index contributed by atoms with van der Waals surface area (Å²) in [6, 6.07) is 4.67. The molecule has 0 bridgehead atoms. The Balaban J connectivity index is 1.84. The molecule has 0 aromatic carbocycles. The zero-order valence-electron chi connectivity index (χ0n) is 13.3. The van der Waals surface area contributed by atoms with Gasteiger partial charge < -0.3 is 9.64 Å². The molecule has 0 aliphatic carbocycles. The molecule has 1 aliphatic rings.